The molecule has 3 heterocycles. The summed E-state index contributed by atoms with van der Waals surface area (Å²) < 4.78 is 28.8. The third kappa shape index (κ3) is 6.97. The molecule has 2 amide bonds. The highest BCUT2D eigenvalue weighted by atomic mass is 32.1. The lowest BCUT2D eigenvalue weighted by atomic mass is 10.2. The number of para-hydroxylation sites is 1. The Hall–Kier alpha value is -4.65. The molecule has 216 valence electrons. The van der Waals surface area contributed by atoms with E-state index in [0.29, 0.717) is 30.1 Å². The predicted molar refractivity (Wildman–Crippen MR) is 160 cm³/mol. The van der Waals surface area contributed by atoms with Crippen molar-refractivity contribution >= 4 is 44.7 Å². The topological polar surface area (TPSA) is 119 Å². The molecule has 5 rings (SSSR count). The summed E-state index contributed by atoms with van der Waals surface area (Å²) in [4.78, 5) is 34.4. The van der Waals surface area contributed by atoms with Gasteiger partial charge in [-0.3, -0.25) is 14.6 Å². The Bertz CT molecular complexity index is 1710. The van der Waals surface area contributed by atoms with Gasteiger partial charge in [-0.1, -0.05) is 18.2 Å². The van der Waals surface area contributed by atoms with Gasteiger partial charge < -0.3 is 30.0 Å². The highest BCUT2D eigenvalue weighted by molar-refractivity contribution is 7.22. The molecule has 0 spiro atoms. The summed E-state index contributed by atoms with van der Waals surface area (Å²) in [5, 5.41) is 8.50. The van der Waals surface area contributed by atoms with E-state index in [1.54, 1.807) is 43.6 Å². The van der Waals surface area contributed by atoms with E-state index in [-0.39, 0.29) is 11.4 Å². The molecule has 0 saturated carbocycles. The molecule has 0 saturated heterocycles. The molecule has 12 heteroatoms. The number of thiophene rings is 1. The Morgan fingerprint density at radius 2 is 1.76 bits per heavy atom. The first-order valence-electron chi connectivity index (χ1n) is 13.1. The van der Waals surface area contributed by atoms with Gasteiger partial charge >= 0.3 is 0 Å². The number of nitrogens with zero attached hydrogens (tertiary/aromatic N) is 3. The Morgan fingerprint density at radius 1 is 0.976 bits per heavy atom. The van der Waals surface area contributed by atoms with E-state index in [1.807, 2.05) is 29.9 Å². The zero-order valence-corrected chi connectivity index (χ0v) is 23.8. The number of nitrogens with one attached hydrogen (secondary N) is 3. The van der Waals surface area contributed by atoms with Crippen LogP contribution in [0.2, 0.25) is 0 Å². The van der Waals surface area contributed by atoms with Crippen molar-refractivity contribution in [1.29, 1.82) is 0 Å². The van der Waals surface area contributed by atoms with E-state index in [9.17, 15) is 9.59 Å². The molecule has 42 heavy (non-hydrogen) atoms. The number of aromatic nitrogens is 3. The lowest BCUT2D eigenvalue weighted by Crippen LogP contribution is -2.21. The maximum atomic E-state index is 15.0. The van der Waals surface area contributed by atoms with Crippen molar-refractivity contribution in [2.75, 3.05) is 30.9 Å². The van der Waals surface area contributed by atoms with Crippen LogP contribution in [-0.2, 0) is 27.9 Å². The van der Waals surface area contributed by atoms with Crippen LogP contribution >= 0.6 is 11.3 Å². The molecule has 0 aliphatic rings. The molecule has 0 unspecified atom stereocenters. The number of rotatable bonds is 12. The Labute approximate surface area is 245 Å². The molecule has 0 radical (unpaired) electrons. The van der Waals surface area contributed by atoms with Gasteiger partial charge in [-0.05, 0) is 30.3 Å². The minimum absolute atomic E-state index is 0.0151. The van der Waals surface area contributed by atoms with Crippen LogP contribution in [0.15, 0.2) is 73.1 Å². The third-order valence-corrected chi connectivity index (χ3v) is 7.42. The van der Waals surface area contributed by atoms with Crippen LogP contribution in [0.3, 0.4) is 0 Å². The monoisotopic (exact) mass is 588 g/mol. The molecule has 3 aromatic heterocycles. The smallest absolute Gasteiger partial charge is 0.233 e. The second-order valence-electron chi connectivity index (χ2n) is 9.32. The van der Waals surface area contributed by atoms with Gasteiger partial charge in [0.25, 0.3) is 0 Å². The van der Waals surface area contributed by atoms with Crippen molar-refractivity contribution in [2.45, 2.75) is 13.0 Å². The number of ether oxygens (including phenoxy) is 2. The molecule has 0 aliphatic heterocycles. The number of methoxy groups -OCH3 is 1. The second kappa shape index (κ2) is 13.3. The average molecular weight is 589 g/mol. The first kappa shape index (κ1) is 28.9. The summed E-state index contributed by atoms with van der Waals surface area (Å²) in [6, 6.07) is 16.5. The Kier molecular flexibility index (Phi) is 9.17. The maximum Gasteiger partial charge on any atom is 0.233 e. The van der Waals surface area contributed by atoms with Crippen molar-refractivity contribution in [3.8, 4) is 22.2 Å². The Balaban J connectivity index is 1.25. The van der Waals surface area contributed by atoms with Crippen molar-refractivity contribution in [2.24, 2.45) is 7.05 Å². The second-order valence-corrected chi connectivity index (χ2v) is 10.4. The van der Waals surface area contributed by atoms with Crippen LogP contribution in [0.25, 0.3) is 20.9 Å². The van der Waals surface area contributed by atoms with Gasteiger partial charge in [-0.15, -0.1) is 11.3 Å². The zero-order valence-electron chi connectivity index (χ0n) is 23.0. The number of carbonyl (C=O) groups excluding carboxylic acids is 2. The summed E-state index contributed by atoms with van der Waals surface area (Å²) in [5.74, 6) is -0.494. The summed E-state index contributed by atoms with van der Waals surface area (Å²) in [6.07, 6.45) is 3.02. The van der Waals surface area contributed by atoms with Crippen LogP contribution < -0.4 is 20.7 Å². The first-order valence-corrected chi connectivity index (χ1v) is 13.9. The standard InChI is InChI=1S/C30H29FN6O4S/c1-37-21(17-32-12-13-40-2)18-34-30(37)26-15-23-29(42-26)25(10-11-33-23)41-24-9-8-20(14-22(24)31)36-28(39)16-27(38)35-19-6-4-3-5-7-19/h3-11,14-15,18,32H,12-13,16-17H2,1-2H3,(H,35,38)(H,36,39). The molecule has 3 N–H and O–H groups in total. The van der Waals surface area contributed by atoms with Crippen molar-refractivity contribution in [3.05, 3.63) is 84.6 Å². The molecule has 10 nitrogen and oxygen atoms in total. The van der Waals surface area contributed by atoms with Gasteiger partial charge in [-0.25, -0.2) is 9.37 Å². The van der Waals surface area contributed by atoms with Crippen LogP contribution in [0.1, 0.15) is 12.1 Å². The molecule has 0 fully saturated rings. The number of hydrogen-bond acceptors (Lipinski definition) is 8. The number of carbonyl (C=O) groups is 2. The molecule has 0 bridgehead atoms. The minimum atomic E-state index is -0.669. The number of anilines is 2. The fraction of sp³-hybridized carbons (Fsp3) is 0.200. The van der Waals surface area contributed by atoms with Crippen molar-refractivity contribution in [3.63, 3.8) is 0 Å². The van der Waals surface area contributed by atoms with E-state index in [2.05, 4.69) is 25.9 Å². The van der Waals surface area contributed by atoms with Crippen molar-refractivity contribution < 1.29 is 23.5 Å². The fourth-order valence-electron chi connectivity index (χ4n) is 4.19. The zero-order chi connectivity index (χ0) is 29.5. The van der Waals surface area contributed by atoms with Crippen LogP contribution in [0.5, 0.6) is 11.5 Å². The van der Waals surface area contributed by atoms with E-state index in [1.165, 1.54) is 23.5 Å². The quantitative estimate of drug-likeness (QED) is 0.133. The van der Waals surface area contributed by atoms with Gasteiger partial charge in [0.05, 0.1) is 33.6 Å². The summed E-state index contributed by atoms with van der Waals surface area (Å²) in [5.41, 5.74) is 2.52. The third-order valence-electron chi connectivity index (χ3n) is 6.28. The number of hydrogen-bond donors (Lipinski definition) is 3. The van der Waals surface area contributed by atoms with E-state index in [4.69, 9.17) is 9.47 Å². The lowest BCUT2D eigenvalue weighted by molar-refractivity contribution is -0.123. The largest absolute Gasteiger partial charge is 0.453 e. The van der Waals surface area contributed by atoms with Gasteiger partial charge in [0, 0.05) is 57.0 Å². The van der Waals surface area contributed by atoms with Gasteiger partial charge in [0.1, 0.15) is 18.0 Å². The lowest BCUT2D eigenvalue weighted by Gasteiger charge is -2.10. The molecule has 2 aromatic carbocycles. The highest BCUT2D eigenvalue weighted by Gasteiger charge is 2.17. The number of pyridine rings is 1. The number of imidazole rings is 1. The van der Waals surface area contributed by atoms with Crippen LogP contribution in [-0.4, -0.2) is 46.6 Å². The number of amides is 2. The van der Waals surface area contributed by atoms with Crippen LogP contribution in [0, 0.1) is 5.82 Å². The highest BCUT2D eigenvalue weighted by Crippen LogP contribution is 2.39. The minimum Gasteiger partial charge on any atom is -0.453 e. The SMILES string of the molecule is COCCNCc1cnc(-c2cc3nccc(Oc4ccc(NC(=O)CC(=O)Nc5ccccc5)cc4F)c3s2)n1C. The molecule has 0 aliphatic carbocycles. The van der Waals surface area contributed by atoms with E-state index in [0.717, 1.165) is 33.7 Å². The summed E-state index contributed by atoms with van der Waals surface area (Å²) in [6.45, 7) is 2.02. The molecule has 0 atom stereocenters. The van der Waals surface area contributed by atoms with Gasteiger partial charge in [-0.2, -0.15) is 0 Å². The predicted octanol–water partition coefficient (Wildman–Crippen LogP) is 5.33. The number of benzene rings is 2. The summed E-state index contributed by atoms with van der Waals surface area (Å²) in [7, 11) is 3.62. The van der Waals surface area contributed by atoms with Gasteiger partial charge in [0.15, 0.2) is 11.6 Å². The maximum absolute atomic E-state index is 15.0. The van der Waals surface area contributed by atoms with E-state index >= 15 is 4.39 Å². The first-order chi connectivity index (χ1) is 20.4. The normalized spacial score (nSPS) is 11.0. The van der Waals surface area contributed by atoms with E-state index < -0.39 is 24.1 Å². The summed E-state index contributed by atoms with van der Waals surface area (Å²) >= 11 is 1.45. The van der Waals surface area contributed by atoms with Crippen LogP contribution in [0.4, 0.5) is 15.8 Å². The Morgan fingerprint density at radius 3 is 2.52 bits per heavy atom. The molecule has 5 aromatic rings. The average Bonchev–Trinajstić information content (AvgIpc) is 3.56. The van der Waals surface area contributed by atoms with Gasteiger partial charge in [0.2, 0.25) is 11.8 Å². The molecular weight excluding hydrogens is 559 g/mol. The molecular formula is C30H29FN6O4S. The number of halogens is 1. The number of fused-ring (bicyclic) bond motifs is 1. The van der Waals surface area contributed by atoms with Crippen molar-refractivity contribution in [1.82, 2.24) is 19.9 Å². The fourth-order valence-corrected chi connectivity index (χ4v) is 5.29.